The van der Waals surface area contributed by atoms with Crippen LogP contribution in [0.1, 0.15) is 11.1 Å². The molecular formula is C10H8FNO. The molecule has 0 heterocycles. The molecule has 2 nitrogen and oxygen atoms in total. The molecule has 0 radical (unpaired) electrons. The van der Waals surface area contributed by atoms with Crippen molar-refractivity contribution in [2.75, 3.05) is 0 Å². The van der Waals surface area contributed by atoms with Crippen molar-refractivity contribution in [3.05, 3.63) is 41.2 Å². The Kier molecular flexibility index (Phi) is 3.18. The van der Waals surface area contributed by atoms with E-state index in [1.54, 1.807) is 6.07 Å². The number of hydrogen-bond acceptors (Lipinski definition) is 2. The highest BCUT2D eigenvalue weighted by Crippen LogP contribution is 2.11. The first-order valence-corrected chi connectivity index (χ1v) is 3.73. The van der Waals surface area contributed by atoms with Gasteiger partial charge in [-0.25, -0.2) is 4.39 Å². The Morgan fingerprint density at radius 2 is 2.31 bits per heavy atom. The van der Waals surface area contributed by atoms with Crippen molar-refractivity contribution < 1.29 is 9.50 Å². The minimum absolute atomic E-state index is 0.258. The molecule has 1 aromatic rings. The monoisotopic (exact) mass is 177 g/mol. The third-order valence-electron chi connectivity index (χ3n) is 1.60. The van der Waals surface area contributed by atoms with Gasteiger partial charge in [0, 0.05) is 11.6 Å². The molecule has 0 saturated carbocycles. The Morgan fingerprint density at radius 1 is 1.54 bits per heavy atom. The van der Waals surface area contributed by atoms with E-state index in [1.165, 1.54) is 24.3 Å². The number of aliphatic hydroxyl groups excluding tert-OH is 1. The summed E-state index contributed by atoms with van der Waals surface area (Å²) in [5, 5.41) is 16.9. The van der Waals surface area contributed by atoms with Crippen LogP contribution >= 0.6 is 0 Å². The highest BCUT2D eigenvalue weighted by molar-refractivity contribution is 5.52. The molecule has 0 aliphatic heterocycles. The molecule has 0 amide bonds. The van der Waals surface area contributed by atoms with Gasteiger partial charge in [-0.3, -0.25) is 0 Å². The summed E-state index contributed by atoms with van der Waals surface area (Å²) in [6, 6.07) is 6.22. The fourth-order valence-corrected chi connectivity index (χ4v) is 0.929. The smallest absolute Gasteiger partial charge is 0.129 e. The second-order valence-corrected chi connectivity index (χ2v) is 2.47. The zero-order valence-corrected chi connectivity index (χ0v) is 6.87. The highest BCUT2D eigenvalue weighted by Gasteiger charge is 1.99. The first kappa shape index (κ1) is 9.43. The van der Waals surface area contributed by atoms with E-state index in [9.17, 15) is 4.39 Å². The Labute approximate surface area is 75.6 Å². The maximum Gasteiger partial charge on any atom is 0.129 e. The summed E-state index contributed by atoms with van der Waals surface area (Å²) in [6.45, 7) is -0.311. The fraction of sp³-hybridized carbons (Fsp3) is 0.100. The van der Waals surface area contributed by atoms with E-state index >= 15 is 0 Å². The predicted octanol–water partition coefficient (Wildman–Crippen LogP) is 1.85. The molecular weight excluding hydrogens is 169 g/mol. The van der Waals surface area contributed by atoms with E-state index in [2.05, 4.69) is 0 Å². The third-order valence-corrected chi connectivity index (χ3v) is 1.60. The SMILES string of the molecule is N#CC=Cc1ccc(CO)c(F)c1. The van der Waals surface area contributed by atoms with Crippen LogP contribution in [-0.2, 0) is 6.61 Å². The average molecular weight is 177 g/mol. The van der Waals surface area contributed by atoms with Crippen LogP contribution in [-0.4, -0.2) is 5.11 Å². The van der Waals surface area contributed by atoms with E-state index < -0.39 is 5.82 Å². The molecule has 0 aliphatic rings. The lowest BCUT2D eigenvalue weighted by Gasteiger charge is -1.99. The van der Waals surface area contributed by atoms with Gasteiger partial charge in [0.05, 0.1) is 12.7 Å². The summed E-state index contributed by atoms with van der Waals surface area (Å²) in [7, 11) is 0. The van der Waals surface area contributed by atoms with Crippen LogP contribution in [0.4, 0.5) is 4.39 Å². The molecule has 1 aromatic carbocycles. The molecule has 0 spiro atoms. The van der Waals surface area contributed by atoms with Gasteiger partial charge in [-0.15, -0.1) is 0 Å². The molecule has 0 atom stereocenters. The topological polar surface area (TPSA) is 44.0 Å². The molecule has 0 fully saturated rings. The number of rotatable bonds is 2. The van der Waals surface area contributed by atoms with E-state index in [0.29, 0.717) is 5.56 Å². The van der Waals surface area contributed by atoms with Gasteiger partial charge in [0.15, 0.2) is 0 Å². The van der Waals surface area contributed by atoms with Crippen molar-refractivity contribution in [2.24, 2.45) is 0 Å². The van der Waals surface area contributed by atoms with Crippen LogP contribution in [0.25, 0.3) is 6.08 Å². The summed E-state index contributed by atoms with van der Waals surface area (Å²) < 4.78 is 13.0. The molecule has 0 bridgehead atoms. The first-order chi connectivity index (χ1) is 6.27. The number of aliphatic hydroxyl groups is 1. The first-order valence-electron chi connectivity index (χ1n) is 3.73. The third kappa shape index (κ3) is 2.39. The summed E-state index contributed by atoms with van der Waals surface area (Å²) in [4.78, 5) is 0. The van der Waals surface area contributed by atoms with Gasteiger partial charge in [0.25, 0.3) is 0 Å². The van der Waals surface area contributed by atoms with Gasteiger partial charge in [0.2, 0.25) is 0 Å². The lowest BCUT2D eigenvalue weighted by Crippen LogP contribution is -1.89. The molecule has 66 valence electrons. The van der Waals surface area contributed by atoms with Gasteiger partial charge in [-0.2, -0.15) is 5.26 Å². The number of hydrogen-bond donors (Lipinski definition) is 1. The summed E-state index contributed by atoms with van der Waals surface area (Å²) in [5.41, 5.74) is 0.866. The van der Waals surface area contributed by atoms with Crippen molar-refractivity contribution in [3.8, 4) is 6.07 Å². The van der Waals surface area contributed by atoms with E-state index in [1.807, 2.05) is 6.07 Å². The summed E-state index contributed by atoms with van der Waals surface area (Å²) >= 11 is 0. The van der Waals surface area contributed by atoms with E-state index in [4.69, 9.17) is 10.4 Å². The highest BCUT2D eigenvalue weighted by atomic mass is 19.1. The Morgan fingerprint density at radius 3 is 2.85 bits per heavy atom. The normalized spacial score (nSPS) is 10.2. The standard InChI is InChI=1S/C10H8FNO/c11-10-6-8(2-1-5-12)3-4-9(10)7-13/h1-4,6,13H,7H2. The van der Waals surface area contributed by atoms with Gasteiger partial charge in [-0.05, 0) is 17.7 Å². The Bertz CT molecular complexity index is 366. The van der Waals surface area contributed by atoms with E-state index in [-0.39, 0.29) is 12.2 Å². The Balaban J connectivity index is 2.97. The maximum atomic E-state index is 13.0. The van der Waals surface area contributed by atoms with Gasteiger partial charge in [0.1, 0.15) is 5.82 Å². The van der Waals surface area contributed by atoms with Crippen LogP contribution in [0.3, 0.4) is 0 Å². The molecule has 1 rings (SSSR count). The Hall–Kier alpha value is -1.66. The summed E-state index contributed by atoms with van der Waals surface area (Å²) in [5.74, 6) is -0.456. The van der Waals surface area contributed by atoms with Crippen molar-refractivity contribution in [1.82, 2.24) is 0 Å². The molecule has 13 heavy (non-hydrogen) atoms. The number of benzene rings is 1. The van der Waals surface area contributed by atoms with Crippen LogP contribution in [0.2, 0.25) is 0 Å². The molecule has 0 aromatic heterocycles. The number of nitrogens with zero attached hydrogens (tertiary/aromatic N) is 1. The number of allylic oxidation sites excluding steroid dienone is 1. The van der Waals surface area contributed by atoms with Crippen LogP contribution in [0.5, 0.6) is 0 Å². The molecule has 1 N–H and O–H groups in total. The number of nitriles is 1. The van der Waals surface area contributed by atoms with E-state index in [0.717, 1.165) is 0 Å². The van der Waals surface area contributed by atoms with Crippen LogP contribution in [0.15, 0.2) is 24.3 Å². The predicted molar refractivity (Wildman–Crippen MR) is 47.0 cm³/mol. The van der Waals surface area contributed by atoms with Crippen LogP contribution < -0.4 is 0 Å². The van der Waals surface area contributed by atoms with Crippen LogP contribution in [0, 0.1) is 17.1 Å². The fourth-order valence-electron chi connectivity index (χ4n) is 0.929. The average Bonchev–Trinajstić information content (AvgIpc) is 2.15. The minimum Gasteiger partial charge on any atom is -0.392 e. The zero-order valence-electron chi connectivity index (χ0n) is 6.87. The molecule has 0 aliphatic carbocycles. The van der Waals surface area contributed by atoms with Crippen molar-refractivity contribution >= 4 is 6.08 Å². The maximum absolute atomic E-state index is 13.0. The molecule has 0 unspecified atom stereocenters. The van der Waals surface area contributed by atoms with Gasteiger partial charge < -0.3 is 5.11 Å². The second kappa shape index (κ2) is 4.39. The van der Waals surface area contributed by atoms with Crippen molar-refractivity contribution in [2.45, 2.75) is 6.61 Å². The lowest BCUT2D eigenvalue weighted by molar-refractivity contribution is 0.275. The molecule has 0 saturated heterocycles. The quantitative estimate of drug-likeness (QED) is 0.700. The van der Waals surface area contributed by atoms with Crippen molar-refractivity contribution in [3.63, 3.8) is 0 Å². The van der Waals surface area contributed by atoms with Crippen molar-refractivity contribution in [1.29, 1.82) is 5.26 Å². The lowest BCUT2D eigenvalue weighted by atomic mass is 10.1. The molecule has 3 heteroatoms. The largest absolute Gasteiger partial charge is 0.392 e. The minimum atomic E-state index is -0.456. The number of halogens is 1. The van der Waals surface area contributed by atoms with Gasteiger partial charge >= 0.3 is 0 Å². The zero-order chi connectivity index (χ0) is 9.68. The summed E-state index contributed by atoms with van der Waals surface area (Å²) in [6.07, 6.45) is 2.78. The van der Waals surface area contributed by atoms with Gasteiger partial charge in [-0.1, -0.05) is 12.1 Å². The second-order valence-electron chi connectivity index (χ2n) is 2.47.